The minimum absolute atomic E-state index is 0.279. The van der Waals surface area contributed by atoms with Crippen LogP contribution >= 0.6 is 0 Å². The molecule has 21 heavy (non-hydrogen) atoms. The van der Waals surface area contributed by atoms with Gasteiger partial charge >= 0.3 is 0 Å². The second-order valence-electron chi connectivity index (χ2n) is 7.32. The highest BCUT2D eigenvalue weighted by Crippen LogP contribution is 2.44. The molecular weight excluding hydrogens is 254 g/mol. The largest absolute Gasteiger partial charge is 0.330 e. The van der Waals surface area contributed by atoms with Gasteiger partial charge in [0.25, 0.3) is 0 Å². The van der Waals surface area contributed by atoms with E-state index >= 15 is 0 Å². The molecule has 0 bridgehead atoms. The van der Waals surface area contributed by atoms with E-state index in [1.165, 1.54) is 70.6 Å². The SMILES string of the molecule is NCC1(c2ccccc2C2CCCCCC2)CCCCC1. The zero-order valence-corrected chi connectivity index (χ0v) is 13.4. The molecule has 116 valence electrons. The van der Waals surface area contributed by atoms with Crippen LogP contribution in [-0.2, 0) is 5.41 Å². The Hall–Kier alpha value is -0.820. The molecule has 1 nitrogen and oxygen atoms in total. The van der Waals surface area contributed by atoms with Gasteiger partial charge in [-0.2, -0.15) is 0 Å². The molecule has 0 aromatic heterocycles. The molecule has 1 aromatic rings. The van der Waals surface area contributed by atoms with E-state index in [1.54, 1.807) is 11.1 Å². The molecule has 0 radical (unpaired) electrons. The first-order valence-corrected chi connectivity index (χ1v) is 9.15. The van der Waals surface area contributed by atoms with Crippen LogP contribution in [0, 0.1) is 0 Å². The van der Waals surface area contributed by atoms with Crippen LogP contribution in [0.3, 0.4) is 0 Å². The first kappa shape index (κ1) is 15.1. The van der Waals surface area contributed by atoms with E-state index in [0.717, 1.165) is 12.5 Å². The molecule has 0 heterocycles. The van der Waals surface area contributed by atoms with Crippen molar-refractivity contribution >= 4 is 0 Å². The highest BCUT2D eigenvalue weighted by Gasteiger charge is 2.35. The summed E-state index contributed by atoms with van der Waals surface area (Å²) in [6.45, 7) is 0.830. The van der Waals surface area contributed by atoms with Crippen molar-refractivity contribution in [2.75, 3.05) is 6.54 Å². The van der Waals surface area contributed by atoms with Crippen LogP contribution < -0.4 is 5.73 Å². The summed E-state index contributed by atoms with van der Waals surface area (Å²) in [4.78, 5) is 0. The maximum Gasteiger partial charge on any atom is 0.00783 e. The average molecular weight is 285 g/mol. The Labute approximate surface area is 130 Å². The Morgan fingerprint density at radius 2 is 1.48 bits per heavy atom. The van der Waals surface area contributed by atoms with Crippen LogP contribution in [0.2, 0.25) is 0 Å². The van der Waals surface area contributed by atoms with Crippen LogP contribution in [0.4, 0.5) is 0 Å². The smallest absolute Gasteiger partial charge is 0.00783 e. The van der Waals surface area contributed by atoms with E-state index in [-0.39, 0.29) is 5.41 Å². The van der Waals surface area contributed by atoms with Crippen LogP contribution in [0.25, 0.3) is 0 Å². The summed E-state index contributed by atoms with van der Waals surface area (Å²) in [5.74, 6) is 0.786. The molecule has 1 aromatic carbocycles. The summed E-state index contributed by atoms with van der Waals surface area (Å²) in [5, 5.41) is 0. The first-order valence-electron chi connectivity index (χ1n) is 9.15. The average Bonchev–Trinajstić information content (AvgIpc) is 2.85. The van der Waals surface area contributed by atoms with Crippen LogP contribution in [0.1, 0.15) is 87.7 Å². The quantitative estimate of drug-likeness (QED) is 0.751. The second-order valence-corrected chi connectivity index (χ2v) is 7.32. The lowest BCUT2D eigenvalue weighted by atomic mass is 9.66. The molecule has 0 atom stereocenters. The predicted octanol–water partition coefficient (Wildman–Crippen LogP) is 5.29. The molecular formula is C20H31N. The van der Waals surface area contributed by atoms with Crippen molar-refractivity contribution in [3.05, 3.63) is 35.4 Å². The van der Waals surface area contributed by atoms with Gasteiger partial charge in [0.1, 0.15) is 0 Å². The Morgan fingerprint density at radius 3 is 2.14 bits per heavy atom. The lowest BCUT2D eigenvalue weighted by Gasteiger charge is -2.39. The zero-order chi connectivity index (χ0) is 14.5. The van der Waals surface area contributed by atoms with Gasteiger partial charge < -0.3 is 5.73 Å². The minimum Gasteiger partial charge on any atom is -0.330 e. The second kappa shape index (κ2) is 6.96. The predicted molar refractivity (Wildman–Crippen MR) is 90.7 cm³/mol. The summed E-state index contributed by atoms with van der Waals surface area (Å²) in [5.41, 5.74) is 9.83. The minimum atomic E-state index is 0.279. The highest BCUT2D eigenvalue weighted by molar-refractivity contribution is 5.38. The van der Waals surface area contributed by atoms with E-state index in [1.807, 2.05) is 0 Å². The van der Waals surface area contributed by atoms with E-state index in [2.05, 4.69) is 24.3 Å². The Bertz CT molecular complexity index is 437. The number of hydrogen-bond donors (Lipinski definition) is 1. The van der Waals surface area contributed by atoms with Crippen molar-refractivity contribution in [2.24, 2.45) is 5.73 Å². The fourth-order valence-electron chi connectivity index (χ4n) is 4.74. The molecule has 2 aliphatic carbocycles. The highest BCUT2D eigenvalue weighted by atomic mass is 14.6. The summed E-state index contributed by atoms with van der Waals surface area (Å²) in [6, 6.07) is 9.30. The normalized spacial score (nSPS) is 23.7. The Morgan fingerprint density at radius 1 is 0.857 bits per heavy atom. The molecule has 2 aliphatic rings. The van der Waals surface area contributed by atoms with Crippen molar-refractivity contribution in [3.8, 4) is 0 Å². The third kappa shape index (κ3) is 3.18. The number of hydrogen-bond acceptors (Lipinski definition) is 1. The molecule has 3 rings (SSSR count). The topological polar surface area (TPSA) is 26.0 Å². The van der Waals surface area contributed by atoms with E-state index in [9.17, 15) is 0 Å². The van der Waals surface area contributed by atoms with E-state index < -0.39 is 0 Å². The summed E-state index contributed by atoms with van der Waals surface area (Å²) >= 11 is 0. The lowest BCUT2D eigenvalue weighted by Crippen LogP contribution is -2.38. The van der Waals surface area contributed by atoms with Crippen molar-refractivity contribution < 1.29 is 0 Å². The zero-order valence-electron chi connectivity index (χ0n) is 13.4. The van der Waals surface area contributed by atoms with Crippen molar-refractivity contribution in [2.45, 2.75) is 82.0 Å². The van der Waals surface area contributed by atoms with E-state index in [4.69, 9.17) is 5.73 Å². The van der Waals surface area contributed by atoms with Crippen molar-refractivity contribution in [3.63, 3.8) is 0 Å². The molecule has 1 heteroatoms. The number of rotatable bonds is 3. The van der Waals surface area contributed by atoms with Crippen molar-refractivity contribution in [1.82, 2.24) is 0 Å². The van der Waals surface area contributed by atoms with E-state index in [0.29, 0.717) is 0 Å². The molecule has 2 saturated carbocycles. The van der Waals surface area contributed by atoms with Crippen molar-refractivity contribution in [1.29, 1.82) is 0 Å². The van der Waals surface area contributed by atoms with Crippen LogP contribution in [0.15, 0.2) is 24.3 Å². The van der Waals surface area contributed by atoms with Crippen LogP contribution in [0.5, 0.6) is 0 Å². The van der Waals surface area contributed by atoms with Gasteiger partial charge in [-0.25, -0.2) is 0 Å². The molecule has 0 unspecified atom stereocenters. The van der Waals surface area contributed by atoms with Gasteiger partial charge in [-0.05, 0) is 42.7 Å². The number of nitrogens with two attached hydrogens (primary N) is 1. The van der Waals surface area contributed by atoms with Gasteiger partial charge in [-0.3, -0.25) is 0 Å². The summed E-state index contributed by atoms with van der Waals surface area (Å²) in [6.07, 6.45) is 15.2. The third-order valence-electron chi connectivity index (χ3n) is 6.03. The molecule has 0 spiro atoms. The standard InChI is InChI=1S/C20H31N/c21-16-20(14-8-3-9-15-20)19-13-7-6-12-18(19)17-10-4-1-2-5-11-17/h6-7,12-13,17H,1-5,8-11,14-16,21H2. The molecule has 2 N–H and O–H groups in total. The van der Waals surface area contributed by atoms with Gasteiger partial charge in [-0.15, -0.1) is 0 Å². The van der Waals surface area contributed by atoms with Gasteiger partial charge in [-0.1, -0.05) is 69.2 Å². The maximum absolute atomic E-state index is 6.30. The Balaban J connectivity index is 1.94. The van der Waals surface area contributed by atoms with Gasteiger partial charge in [0.15, 0.2) is 0 Å². The molecule has 0 aliphatic heterocycles. The molecule has 0 amide bonds. The van der Waals surface area contributed by atoms with Gasteiger partial charge in [0.05, 0.1) is 0 Å². The first-order chi connectivity index (χ1) is 10.4. The molecule has 2 fully saturated rings. The summed E-state index contributed by atoms with van der Waals surface area (Å²) < 4.78 is 0. The lowest BCUT2D eigenvalue weighted by molar-refractivity contribution is 0.297. The molecule has 0 saturated heterocycles. The fraction of sp³-hybridized carbons (Fsp3) is 0.700. The number of benzene rings is 1. The summed E-state index contributed by atoms with van der Waals surface area (Å²) in [7, 11) is 0. The van der Waals surface area contributed by atoms with Gasteiger partial charge in [0.2, 0.25) is 0 Å². The monoisotopic (exact) mass is 285 g/mol. The van der Waals surface area contributed by atoms with Crippen LogP contribution in [-0.4, -0.2) is 6.54 Å². The van der Waals surface area contributed by atoms with Gasteiger partial charge in [0, 0.05) is 12.0 Å². The maximum atomic E-state index is 6.30. The third-order valence-corrected chi connectivity index (χ3v) is 6.03. The Kier molecular flexibility index (Phi) is 5.00. The fourth-order valence-corrected chi connectivity index (χ4v) is 4.74.